The molecule has 7 nitrogen and oxygen atoms in total. The van der Waals surface area contributed by atoms with E-state index in [1.54, 1.807) is 23.0 Å². The lowest BCUT2D eigenvalue weighted by molar-refractivity contribution is 0.543. The zero-order chi connectivity index (χ0) is 25.7. The normalized spacial score (nSPS) is 17.2. The highest BCUT2D eigenvalue weighted by molar-refractivity contribution is 7.92. The number of aromatic nitrogens is 4. The SMILES string of the molecule is Cc1ccc(S(=O)(=O)N2CCc3cn(c4ccccc34)CCCC/C=C/CCCCn3cc2nn3)cc1. The zero-order valence-electron chi connectivity index (χ0n) is 21.5. The van der Waals surface area contributed by atoms with Crippen LogP contribution in [-0.4, -0.2) is 34.5 Å². The second kappa shape index (κ2) is 11.3. The van der Waals surface area contributed by atoms with Gasteiger partial charge in [0.1, 0.15) is 0 Å². The molecule has 0 radical (unpaired) electrons. The molecule has 37 heavy (non-hydrogen) atoms. The third kappa shape index (κ3) is 5.80. The van der Waals surface area contributed by atoms with Crippen molar-refractivity contribution < 1.29 is 8.42 Å². The molecule has 0 saturated heterocycles. The Labute approximate surface area is 219 Å². The molecular formula is C29H35N5O2S. The number of para-hydroxylation sites is 1. The maximum Gasteiger partial charge on any atom is 0.265 e. The predicted octanol–water partition coefficient (Wildman–Crippen LogP) is 5.89. The maximum atomic E-state index is 13.8. The molecule has 0 N–H and O–H groups in total. The number of anilines is 1. The number of allylic oxidation sites excluding steroid dienone is 2. The van der Waals surface area contributed by atoms with Gasteiger partial charge in [0.05, 0.1) is 11.1 Å². The number of benzene rings is 2. The van der Waals surface area contributed by atoms with Crippen LogP contribution in [0.4, 0.5) is 5.82 Å². The highest BCUT2D eigenvalue weighted by Crippen LogP contribution is 2.26. The molecule has 2 aromatic heterocycles. The van der Waals surface area contributed by atoms with Gasteiger partial charge in [-0.05, 0) is 75.6 Å². The van der Waals surface area contributed by atoms with Gasteiger partial charge in [0.15, 0.2) is 5.82 Å². The van der Waals surface area contributed by atoms with Crippen molar-refractivity contribution in [3.8, 4) is 0 Å². The van der Waals surface area contributed by atoms with Crippen molar-refractivity contribution in [3.63, 3.8) is 0 Å². The Morgan fingerprint density at radius 3 is 2.32 bits per heavy atom. The fraction of sp³-hybridized carbons (Fsp3) is 0.379. The summed E-state index contributed by atoms with van der Waals surface area (Å²) in [5.74, 6) is 0.363. The largest absolute Gasteiger partial charge is 0.347 e. The van der Waals surface area contributed by atoms with E-state index in [0.29, 0.717) is 18.8 Å². The minimum absolute atomic E-state index is 0.264. The van der Waals surface area contributed by atoms with Crippen molar-refractivity contribution in [2.75, 3.05) is 10.8 Å². The van der Waals surface area contributed by atoms with E-state index in [2.05, 4.69) is 51.4 Å². The number of aryl methyl sites for hydroxylation is 3. The van der Waals surface area contributed by atoms with Gasteiger partial charge in [-0.2, -0.15) is 0 Å². The van der Waals surface area contributed by atoms with Gasteiger partial charge in [-0.15, -0.1) is 5.10 Å². The lowest BCUT2D eigenvalue weighted by Crippen LogP contribution is -2.33. The van der Waals surface area contributed by atoms with Crippen LogP contribution >= 0.6 is 0 Å². The molecule has 0 unspecified atom stereocenters. The highest BCUT2D eigenvalue weighted by atomic mass is 32.2. The fourth-order valence-electron chi connectivity index (χ4n) is 4.95. The Balaban J connectivity index is 1.51. The monoisotopic (exact) mass is 517 g/mol. The summed E-state index contributed by atoms with van der Waals surface area (Å²) in [4.78, 5) is 0.264. The second-order valence-electron chi connectivity index (χ2n) is 9.81. The van der Waals surface area contributed by atoms with Gasteiger partial charge in [0.25, 0.3) is 10.0 Å². The molecule has 194 valence electrons. The Kier molecular flexibility index (Phi) is 7.74. The molecule has 4 bridgehead atoms. The van der Waals surface area contributed by atoms with Gasteiger partial charge < -0.3 is 4.57 Å². The molecule has 0 spiro atoms. The highest BCUT2D eigenvalue weighted by Gasteiger charge is 2.27. The van der Waals surface area contributed by atoms with E-state index in [9.17, 15) is 8.42 Å². The molecule has 2 aromatic carbocycles. The van der Waals surface area contributed by atoms with Gasteiger partial charge in [0, 0.05) is 36.7 Å². The van der Waals surface area contributed by atoms with Gasteiger partial charge in [-0.25, -0.2) is 12.7 Å². The van der Waals surface area contributed by atoms with Crippen LogP contribution < -0.4 is 4.31 Å². The van der Waals surface area contributed by atoms with Crippen molar-refractivity contribution in [1.82, 2.24) is 19.6 Å². The van der Waals surface area contributed by atoms with Crippen LogP contribution in [-0.2, 0) is 29.5 Å². The van der Waals surface area contributed by atoms with Crippen molar-refractivity contribution in [2.45, 2.75) is 69.9 Å². The molecule has 1 aliphatic heterocycles. The van der Waals surface area contributed by atoms with Gasteiger partial charge >= 0.3 is 0 Å². The standard InChI is InChI=1S/C29H35N5O2S/c1-24-14-16-26(17-15-24)37(35,36)34-21-18-25-22-32(28-13-9-8-12-27(25)28)19-10-6-4-2-3-5-7-11-20-33-23-29(34)30-31-33/h2-3,8-9,12-17,22-23H,4-7,10-11,18-21H2,1H3/b3-2+. The van der Waals surface area contributed by atoms with E-state index in [-0.39, 0.29) is 11.4 Å². The van der Waals surface area contributed by atoms with Crippen LogP contribution in [0.1, 0.15) is 49.7 Å². The van der Waals surface area contributed by atoms with Gasteiger partial charge in [-0.1, -0.05) is 53.3 Å². The summed E-state index contributed by atoms with van der Waals surface area (Å²) in [5, 5.41) is 9.74. The Hall–Kier alpha value is -3.39. The van der Waals surface area contributed by atoms with Crippen LogP contribution in [0.5, 0.6) is 0 Å². The lowest BCUT2D eigenvalue weighted by atomic mass is 10.1. The summed E-state index contributed by atoms with van der Waals surface area (Å²) in [6, 6.07) is 15.4. The number of hydrogen-bond donors (Lipinski definition) is 0. The van der Waals surface area contributed by atoms with Crippen LogP contribution in [0, 0.1) is 6.92 Å². The molecule has 5 rings (SSSR count). The van der Waals surface area contributed by atoms with Crippen LogP contribution in [0.3, 0.4) is 0 Å². The van der Waals surface area contributed by atoms with E-state index >= 15 is 0 Å². The number of hydrogen-bond acceptors (Lipinski definition) is 4. The van der Waals surface area contributed by atoms with E-state index < -0.39 is 10.0 Å². The molecule has 0 fully saturated rings. The summed E-state index contributed by atoms with van der Waals surface area (Å²) in [6.07, 6.45) is 15.6. The number of sulfonamides is 1. The molecule has 8 heteroatoms. The molecule has 0 aliphatic carbocycles. The number of fused-ring (bicyclic) bond motifs is 7. The van der Waals surface area contributed by atoms with Crippen molar-refractivity contribution >= 4 is 26.7 Å². The average Bonchev–Trinajstić information content (AvgIpc) is 3.50. The third-order valence-electron chi connectivity index (χ3n) is 7.04. The van der Waals surface area contributed by atoms with E-state index in [0.717, 1.165) is 56.2 Å². The first-order valence-corrected chi connectivity index (χ1v) is 14.7. The van der Waals surface area contributed by atoms with Crippen molar-refractivity contribution in [2.24, 2.45) is 0 Å². The van der Waals surface area contributed by atoms with E-state index in [1.165, 1.54) is 15.2 Å². The molecule has 0 saturated carbocycles. The smallest absolute Gasteiger partial charge is 0.265 e. The topological polar surface area (TPSA) is 73.0 Å². The van der Waals surface area contributed by atoms with Gasteiger partial charge in [-0.3, -0.25) is 4.68 Å². The zero-order valence-corrected chi connectivity index (χ0v) is 22.3. The predicted molar refractivity (Wildman–Crippen MR) is 148 cm³/mol. The first-order chi connectivity index (χ1) is 18.0. The first-order valence-electron chi connectivity index (χ1n) is 13.2. The Bertz CT molecular complexity index is 1470. The summed E-state index contributed by atoms with van der Waals surface area (Å²) < 4.78 is 33.2. The summed E-state index contributed by atoms with van der Waals surface area (Å²) in [5.41, 5.74) is 3.36. The second-order valence-corrected chi connectivity index (χ2v) is 11.7. The van der Waals surface area contributed by atoms with Crippen LogP contribution in [0.2, 0.25) is 0 Å². The molecule has 1 aliphatic rings. The van der Waals surface area contributed by atoms with Crippen molar-refractivity contribution in [3.05, 3.63) is 84.2 Å². The Morgan fingerprint density at radius 2 is 1.54 bits per heavy atom. The number of rotatable bonds is 2. The molecule has 0 amide bonds. The third-order valence-corrected chi connectivity index (χ3v) is 8.86. The summed E-state index contributed by atoms with van der Waals surface area (Å²) in [7, 11) is -3.81. The minimum atomic E-state index is -3.81. The molecular weight excluding hydrogens is 482 g/mol. The fourth-order valence-corrected chi connectivity index (χ4v) is 6.35. The first kappa shape index (κ1) is 25.3. The quantitative estimate of drug-likeness (QED) is 0.311. The average molecular weight is 518 g/mol. The van der Waals surface area contributed by atoms with E-state index in [4.69, 9.17) is 0 Å². The maximum absolute atomic E-state index is 13.8. The van der Waals surface area contributed by atoms with E-state index in [1.807, 2.05) is 25.1 Å². The lowest BCUT2D eigenvalue weighted by Gasteiger charge is -2.21. The number of nitrogens with zero attached hydrogens (tertiary/aromatic N) is 5. The van der Waals surface area contributed by atoms with Gasteiger partial charge in [0.2, 0.25) is 0 Å². The molecule has 4 aromatic rings. The summed E-state index contributed by atoms with van der Waals surface area (Å²) >= 11 is 0. The summed E-state index contributed by atoms with van der Waals surface area (Å²) in [6.45, 7) is 3.90. The molecule has 0 atom stereocenters. The van der Waals surface area contributed by atoms with Crippen LogP contribution in [0.25, 0.3) is 10.9 Å². The molecule has 3 heterocycles. The van der Waals surface area contributed by atoms with Crippen LogP contribution in [0.15, 0.2) is 78.0 Å². The van der Waals surface area contributed by atoms with Crippen molar-refractivity contribution in [1.29, 1.82) is 0 Å². The Morgan fingerprint density at radius 1 is 0.811 bits per heavy atom. The minimum Gasteiger partial charge on any atom is -0.347 e.